The van der Waals surface area contributed by atoms with E-state index in [1.807, 2.05) is 0 Å². The van der Waals surface area contributed by atoms with E-state index in [0.717, 1.165) is 31.0 Å². The zero-order valence-corrected chi connectivity index (χ0v) is 15.0. The van der Waals surface area contributed by atoms with Crippen molar-refractivity contribution in [3.8, 4) is 5.75 Å². The van der Waals surface area contributed by atoms with Crippen LogP contribution in [0.25, 0.3) is 0 Å². The van der Waals surface area contributed by atoms with Crippen molar-refractivity contribution < 1.29 is 22.7 Å². The number of carbonyl (C=O) groups excluding carboxylic acids is 1. The molecule has 0 radical (unpaired) electrons. The highest BCUT2D eigenvalue weighted by atomic mass is 19.3. The summed E-state index contributed by atoms with van der Waals surface area (Å²) in [5.41, 5.74) is 0.820. The summed E-state index contributed by atoms with van der Waals surface area (Å²) in [6.45, 7) is 0. The van der Waals surface area contributed by atoms with E-state index in [9.17, 15) is 18.0 Å². The number of amides is 2. The van der Waals surface area contributed by atoms with Crippen molar-refractivity contribution in [2.75, 3.05) is 12.4 Å². The number of methoxy groups -OCH3 is 1. The largest absolute Gasteiger partial charge is 0.494 e. The molecule has 6 nitrogen and oxygen atoms in total. The third-order valence-electron chi connectivity index (χ3n) is 4.74. The Morgan fingerprint density at radius 3 is 2.63 bits per heavy atom. The Kier molecular flexibility index (Phi) is 5.57. The molecule has 146 valence electrons. The van der Waals surface area contributed by atoms with Crippen LogP contribution < -0.4 is 15.4 Å². The van der Waals surface area contributed by atoms with Gasteiger partial charge in [-0.2, -0.15) is 5.10 Å². The van der Waals surface area contributed by atoms with E-state index in [-0.39, 0.29) is 11.3 Å². The van der Waals surface area contributed by atoms with Crippen LogP contribution in [0, 0.1) is 5.82 Å². The third kappa shape index (κ3) is 4.17. The Morgan fingerprint density at radius 1 is 1.33 bits per heavy atom. The standard InChI is InChI=1S/C18H21F3N4O2/c1-25-15(9-13(24-25)10-4-3-5-10)22-18(26)23-16(17(20)21)11-6-7-14(27-2)12(19)8-11/h6-10,16-17H,3-5H2,1-2H3,(H2,22,23,26). The molecule has 1 aromatic heterocycles. The number of halogens is 3. The molecule has 27 heavy (non-hydrogen) atoms. The molecule has 9 heteroatoms. The van der Waals surface area contributed by atoms with Crippen molar-refractivity contribution in [2.24, 2.45) is 7.05 Å². The number of benzene rings is 1. The summed E-state index contributed by atoms with van der Waals surface area (Å²) >= 11 is 0. The SMILES string of the molecule is COc1ccc(C(NC(=O)Nc2cc(C3CCC3)nn2C)C(F)F)cc1F. The first-order valence-electron chi connectivity index (χ1n) is 8.62. The lowest BCUT2D eigenvalue weighted by molar-refractivity contribution is 0.102. The Morgan fingerprint density at radius 2 is 2.07 bits per heavy atom. The zero-order chi connectivity index (χ0) is 19.6. The van der Waals surface area contributed by atoms with Crippen LogP contribution in [0.1, 0.15) is 42.5 Å². The van der Waals surface area contributed by atoms with Crippen molar-refractivity contribution in [1.29, 1.82) is 0 Å². The number of hydrogen-bond donors (Lipinski definition) is 2. The van der Waals surface area contributed by atoms with Gasteiger partial charge in [-0.25, -0.2) is 18.0 Å². The molecule has 0 saturated heterocycles. The molecule has 2 N–H and O–H groups in total. The topological polar surface area (TPSA) is 68.2 Å². The molecule has 0 aliphatic heterocycles. The van der Waals surface area contributed by atoms with E-state index in [2.05, 4.69) is 15.7 Å². The molecule has 3 rings (SSSR count). The van der Waals surface area contributed by atoms with Gasteiger partial charge in [0.2, 0.25) is 0 Å². The predicted octanol–water partition coefficient (Wildman–Crippen LogP) is 3.96. The Bertz CT molecular complexity index is 821. The molecule has 1 saturated carbocycles. The molecule has 1 atom stereocenters. The van der Waals surface area contributed by atoms with E-state index in [4.69, 9.17) is 4.74 Å². The quantitative estimate of drug-likeness (QED) is 0.795. The van der Waals surface area contributed by atoms with Crippen molar-refractivity contribution in [3.05, 3.63) is 41.3 Å². The van der Waals surface area contributed by atoms with Crippen molar-refractivity contribution in [1.82, 2.24) is 15.1 Å². The van der Waals surface area contributed by atoms with Gasteiger partial charge in [-0.3, -0.25) is 10.00 Å². The minimum atomic E-state index is -2.92. The monoisotopic (exact) mass is 382 g/mol. The zero-order valence-electron chi connectivity index (χ0n) is 15.0. The van der Waals surface area contributed by atoms with Gasteiger partial charge in [0, 0.05) is 19.0 Å². The summed E-state index contributed by atoms with van der Waals surface area (Å²) < 4.78 is 46.9. The molecule has 0 bridgehead atoms. The molecule has 2 aromatic rings. The van der Waals surface area contributed by atoms with Gasteiger partial charge < -0.3 is 10.1 Å². The lowest BCUT2D eigenvalue weighted by atomic mass is 9.83. The van der Waals surface area contributed by atoms with Crippen LogP contribution in [0.3, 0.4) is 0 Å². The van der Waals surface area contributed by atoms with Crippen LogP contribution in [-0.2, 0) is 7.05 Å². The summed E-state index contributed by atoms with van der Waals surface area (Å²) in [5, 5.41) is 9.07. The molecule has 1 unspecified atom stereocenters. The van der Waals surface area contributed by atoms with Crippen LogP contribution in [0.4, 0.5) is 23.8 Å². The summed E-state index contributed by atoms with van der Waals surface area (Å²) in [7, 11) is 2.95. The molecule has 1 aromatic carbocycles. The molecule has 1 aliphatic carbocycles. The smallest absolute Gasteiger partial charge is 0.321 e. The first kappa shape index (κ1) is 19.1. The maximum atomic E-state index is 13.8. The molecule has 1 aliphatic rings. The van der Waals surface area contributed by atoms with Crippen molar-refractivity contribution in [3.63, 3.8) is 0 Å². The number of urea groups is 1. The minimum absolute atomic E-state index is 0.0568. The van der Waals surface area contributed by atoms with Crippen LogP contribution in [0.15, 0.2) is 24.3 Å². The van der Waals surface area contributed by atoms with Gasteiger partial charge in [0.05, 0.1) is 12.8 Å². The second kappa shape index (κ2) is 7.89. The number of alkyl halides is 2. The minimum Gasteiger partial charge on any atom is -0.494 e. The first-order chi connectivity index (χ1) is 12.9. The van der Waals surface area contributed by atoms with E-state index in [1.54, 1.807) is 13.1 Å². The Hall–Kier alpha value is -2.71. The van der Waals surface area contributed by atoms with Crippen LogP contribution in [0.5, 0.6) is 5.75 Å². The Labute approximate surface area is 154 Å². The fourth-order valence-electron chi connectivity index (χ4n) is 2.97. The number of rotatable bonds is 6. The number of ether oxygens (including phenoxy) is 1. The summed E-state index contributed by atoms with van der Waals surface area (Å²) in [6, 6.07) is 2.72. The van der Waals surface area contributed by atoms with Crippen molar-refractivity contribution >= 4 is 11.8 Å². The van der Waals surface area contributed by atoms with Crippen LogP contribution >= 0.6 is 0 Å². The summed E-state index contributed by atoms with van der Waals surface area (Å²) in [6.07, 6.45) is 0.345. The highest BCUT2D eigenvalue weighted by Crippen LogP contribution is 2.36. The maximum absolute atomic E-state index is 13.8. The number of aryl methyl sites for hydroxylation is 1. The molecule has 2 amide bonds. The van der Waals surface area contributed by atoms with E-state index in [0.29, 0.717) is 11.7 Å². The molecule has 0 spiro atoms. The van der Waals surface area contributed by atoms with Crippen LogP contribution in [-0.4, -0.2) is 29.3 Å². The first-order valence-corrected chi connectivity index (χ1v) is 8.62. The average molecular weight is 382 g/mol. The number of carbonyl (C=O) groups is 1. The van der Waals surface area contributed by atoms with Gasteiger partial charge in [-0.1, -0.05) is 12.5 Å². The number of nitrogens with one attached hydrogen (secondary N) is 2. The number of anilines is 1. The highest BCUT2D eigenvalue weighted by Gasteiger charge is 2.27. The number of hydrogen-bond acceptors (Lipinski definition) is 3. The molecular weight excluding hydrogens is 361 g/mol. The van der Waals surface area contributed by atoms with E-state index >= 15 is 0 Å². The lowest BCUT2D eigenvalue weighted by Crippen LogP contribution is -2.36. The van der Waals surface area contributed by atoms with Gasteiger partial charge in [0.25, 0.3) is 6.43 Å². The van der Waals surface area contributed by atoms with Gasteiger partial charge in [0.15, 0.2) is 11.6 Å². The van der Waals surface area contributed by atoms with E-state index < -0.39 is 24.3 Å². The predicted molar refractivity (Wildman–Crippen MR) is 93.7 cm³/mol. The lowest BCUT2D eigenvalue weighted by Gasteiger charge is -2.22. The van der Waals surface area contributed by atoms with E-state index in [1.165, 1.54) is 23.9 Å². The molecule has 1 fully saturated rings. The maximum Gasteiger partial charge on any atom is 0.321 e. The van der Waals surface area contributed by atoms with Gasteiger partial charge in [-0.15, -0.1) is 0 Å². The van der Waals surface area contributed by atoms with Gasteiger partial charge >= 0.3 is 6.03 Å². The fraction of sp³-hybridized carbons (Fsp3) is 0.444. The van der Waals surface area contributed by atoms with Crippen molar-refractivity contribution in [2.45, 2.75) is 37.6 Å². The third-order valence-corrected chi connectivity index (χ3v) is 4.74. The van der Waals surface area contributed by atoms with Gasteiger partial charge in [-0.05, 0) is 30.5 Å². The number of nitrogens with zero attached hydrogens (tertiary/aromatic N) is 2. The Balaban J connectivity index is 1.70. The van der Waals surface area contributed by atoms with Crippen LogP contribution in [0.2, 0.25) is 0 Å². The normalized spacial score (nSPS) is 15.3. The van der Waals surface area contributed by atoms with Gasteiger partial charge in [0.1, 0.15) is 11.9 Å². The fourth-order valence-corrected chi connectivity index (χ4v) is 2.97. The summed E-state index contributed by atoms with van der Waals surface area (Å²) in [4.78, 5) is 12.2. The molecular formula is C18H21F3N4O2. The summed E-state index contributed by atoms with van der Waals surface area (Å²) in [5.74, 6) is -0.0523. The second-order valence-electron chi connectivity index (χ2n) is 6.51. The molecule has 1 heterocycles. The highest BCUT2D eigenvalue weighted by molar-refractivity contribution is 5.88. The average Bonchev–Trinajstić information content (AvgIpc) is 2.90. The number of aromatic nitrogens is 2. The second-order valence-corrected chi connectivity index (χ2v) is 6.51.